The Labute approximate surface area is 170 Å². The van der Waals surface area contributed by atoms with Gasteiger partial charge in [-0.3, -0.25) is 9.52 Å². The number of benzene rings is 3. The van der Waals surface area contributed by atoms with Crippen molar-refractivity contribution < 1.29 is 17.9 Å². The number of hydrogen-bond acceptors (Lipinski definition) is 4. The van der Waals surface area contributed by atoms with Gasteiger partial charge in [-0.2, -0.15) is 0 Å². The first kappa shape index (κ1) is 20.4. The summed E-state index contributed by atoms with van der Waals surface area (Å²) in [5.74, 6) is 0.170. The average Bonchev–Trinajstić information content (AvgIpc) is 2.67. The number of nitrogens with one attached hydrogen (secondary N) is 2. The molecule has 1 amide bonds. The molecule has 0 bridgehead atoms. The standard InChI is InChI=1S/C22H22N2O4S/c1-15-11-12-21(16(2)13-15)29(26,27)24-20-10-5-4-9-19(20)22(25)23-17-7-6-8-18(14-17)28-3/h4-14,24H,1-3H3,(H,23,25). The molecule has 0 aliphatic heterocycles. The van der Waals surface area contributed by atoms with E-state index in [1.807, 2.05) is 6.92 Å². The molecule has 0 radical (unpaired) electrons. The van der Waals surface area contributed by atoms with Gasteiger partial charge in [0.1, 0.15) is 5.75 Å². The van der Waals surface area contributed by atoms with Crippen LogP contribution in [0.3, 0.4) is 0 Å². The van der Waals surface area contributed by atoms with Crippen LogP contribution in [0.2, 0.25) is 0 Å². The fourth-order valence-electron chi connectivity index (χ4n) is 2.97. The normalized spacial score (nSPS) is 11.0. The molecule has 0 saturated heterocycles. The highest BCUT2D eigenvalue weighted by Crippen LogP contribution is 2.24. The van der Waals surface area contributed by atoms with Crippen LogP contribution in [0, 0.1) is 13.8 Å². The molecule has 0 heterocycles. The quantitative estimate of drug-likeness (QED) is 0.632. The number of methoxy groups -OCH3 is 1. The van der Waals surface area contributed by atoms with E-state index in [1.54, 1.807) is 73.7 Å². The highest BCUT2D eigenvalue weighted by Gasteiger charge is 2.20. The van der Waals surface area contributed by atoms with Crippen molar-refractivity contribution in [1.29, 1.82) is 0 Å². The number of para-hydroxylation sites is 1. The van der Waals surface area contributed by atoms with Gasteiger partial charge in [0.05, 0.1) is 23.3 Å². The van der Waals surface area contributed by atoms with Crippen molar-refractivity contribution in [3.63, 3.8) is 0 Å². The first-order chi connectivity index (χ1) is 13.8. The van der Waals surface area contributed by atoms with Gasteiger partial charge in [0.2, 0.25) is 0 Å². The molecule has 3 aromatic carbocycles. The van der Waals surface area contributed by atoms with Gasteiger partial charge in [0.15, 0.2) is 0 Å². The molecule has 3 rings (SSSR count). The molecule has 0 atom stereocenters. The van der Waals surface area contributed by atoms with Crippen LogP contribution in [-0.2, 0) is 10.0 Å². The third-order valence-electron chi connectivity index (χ3n) is 4.36. The van der Waals surface area contributed by atoms with Crippen molar-refractivity contribution in [3.8, 4) is 5.75 Å². The van der Waals surface area contributed by atoms with E-state index < -0.39 is 15.9 Å². The lowest BCUT2D eigenvalue weighted by atomic mass is 10.1. The number of carbonyl (C=O) groups excluding carboxylic acids is 1. The Balaban J connectivity index is 1.89. The van der Waals surface area contributed by atoms with Crippen LogP contribution in [-0.4, -0.2) is 21.4 Å². The fourth-order valence-corrected chi connectivity index (χ4v) is 4.28. The summed E-state index contributed by atoms with van der Waals surface area (Å²) >= 11 is 0. The van der Waals surface area contributed by atoms with E-state index in [1.165, 1.54) is 7.11 Å². The van der Waals surface area contributed by atoms with E-state index in [2.05, 4.69) is 10.0 Å². The van der Waals surface area contributed by atoms with Gasteiger partial charge in [-0.15, -0.1) is 0 Å². The van der Waals surface area contributed by atoms with Crippen LogP contribution < -0.4 is 14.8 Å². The molecule has 0 unspecified atom stereocenters. The summed E-state index contributed by atoms with van der Waals surface area (Å²) in [5.41, 5.74) is 2.56. The van der Waals surface area contributed by atoms with Gasteiger partial charge < -0.3 is 10.1 Å². The topological polar surface area (TPSA) is 84.5 Å². The number of ether oxygens (including phenoxy) is 1. The van der Waals surface area contributed by atoms with E-state index in [4.69, 9.17) is 4.74 Å². The maximum absolute atomic E-state index is 12.9. The first-order valence-corrected chi connectivity index (χ1v) is 10.4. The predicted octanol–water partition coefficient (Wildman–Crippen LogP) is 4.37. The molecule has 0 aliphatic carbocycles. The number of aryl methyl sites for hydroxylation is 2. The number of hydrogen-bond donors (Lipinski definition) is 2. The second-order valence-electron chi connectivity index (χ2n) is 6.61. The van der Waals surface area contributed by atoms with Crippen LogP contribution in [0.5, 0.6) is 5.75 Å². The summed E-state index contributed by atoms with van der Waals surface area (Å²) in [4.78, 5) is 13.0. The van der Waals surface area contributed by atoms with Crippen LogP contribution >= 0.6 is 0 Å². The molecule has 150 valence electrons. The van der Waals surface area contributed by atoms with Crippen LogP contribution in [0.1, 0.15) is 21.5 Å². The predicted molar refractivity (Wildman–Crippen MR) is 114 cm³/mol. The molecule has 0 aliphatic rings. The van der Waals surface area contributed by atoms with Gasteiger partial charge in [-0.25, -0.2) is 8.42 Å². The molecule has 29 heavy (non-hydrogen) atoms. The Morgan fingerprint density at radius 1 is 0.931 bits per heavy atom. The van der Waals surface area contributed by atoms with E-state index in [0.717, 1.165) is 5.56 Å². The van der Waals surface area contributed by atoms with Crippen LogP contribution in [0.4, 0.5) is 11.4 Å². The number of anilines is 2. The Morgan fingerprint density at radius 3 is 2.41 bits per heavy atom. The molecular weight excluding hydrogens is 388 g/mol. The lowest BCUT2D eigenvalue weighted by Crippen LogP contribution is -2.19. The second kappa shape index (κ2) is 8.36. The van der Waals surface area contributed by atoms with Gasteiger partial charge in [-0.05, 0) is 49.7 Å². The molecule has 6 nitrogen and oxygen atoms in total. The Bertz CT molecular complexity index is 1160. The zero-order valence-electron chi connectivity index (χ0n) is 16.4. The van der Waals surface area contributed by atoms with Gasteiger partial charge in [-0.1, -0.05) is 35.9 Å². The summed E-state index contributed by atoms with van der Waals surface area (Å²) in [6.45, 7) is 3.64. The highest BCUT2D eigenvalue weighted by molar-refractivity contribution is 7.92. The molecule has 0 aromatic heterocycles. The summed E-state index contributed by atoms with van der Waals surface area (Å²) in [5, 5.41) is 2.76. The second-order valence-corrected chi connectivity index (χ2v) is 8.26. The molecule has 0 spiro atoms. The van der Waals surface area contributed by atoms with Crippen molar-refractivity contribution in [3.05, 3.63) is 83.4 Å². The minimum Gasteiger partial charge on any atom is -0.497 e. The van der Waals surface area contributed by atoms with Gasteiger partial charge in [0, 0.05) is 11.8 Å². The summed E-state index contributed by atoms with van der Waals surface area (Å²) in [7, 11) is -2.31. The monoisotopic (exact) mass is 410 g/mol. The largest absolute Gasteiger partial charge is 0.497 e. The van der Waals surface area contributed by atoms with Crippen LogP contribution in [0.15, 0.2) is 71.6 Å². The summed E-state index contributed by atoms with van der Waals surface area (Å²) in [6.07, 6.45) is 0. The summed E-state index contributed by atoms with van der Waals surface area (Å²) in [6, 6.07) is 18.5. The maximum Gasteiger partial charge on any atom is 0.262 e. The van der Waals surface area contributed by atoms with Gasteiger partial charge in [0.25, 0.3) is 15.9 Å². The van der Waals surface area contributed by atoms with E-state index in [9.17, 15) is 13.2 Å². The third kappa shape index (κ3) is 4.75. The van der Waals surface area contributed by atoms with Crippen molar-refractivity contribution in [2.75, 3.05) is 17.1 Å². The van der Waals surface area contributed by atoms with Crippen molar-refractivity contribution >= 4 is 27.3 Å². The molecule has 2 N–H and O–H groups in total. The number of sulfonamides is 1. The minimum atomic E-state index is -3.85. The minimum absolute atomic E-state index is 0.172. The molecule has 0 saturated carbocycles. The molecule has 3 aromatic rings. The van der Waals surface area contributed by atoms with Crippen molar-refractivity contribution in [2.24, 2.45) is 0 Å². The lowest BCUT2D eigenvalue weighted by Gasteiger charge is -2.14. The Morgan fingerprint density at radius 2 is 1.69 bits per heavy atom. The number of amides is 1. The Kier molecular flexibility index (Phi) is 5.89. The smallest absolute Gasteiger partial charge is 0.262 e. The van der Waals surface area contributed by atoms with E-state index >= 15 is 0 Å². The van der Waals surface area contributed by atoms with Gasteiger partial charge >= 0.3 is 0 Å². The number of rotatable bonds is 6. The molecule has 7 heteroatoms. The van der Waals surface area contributed by atoms with E-state index in [0.29, 0.717) is 17.0 Å². The maximum atomic E-state index is 12.9. The third-order valence-corrected chi connectivity index (χ3v) is 5.89. The Hall–Kier alpha value is -3.32. The van der Waals surface area contributed by atoms with Crippen LogP contribution in [0.25, 0.3) is 0 Å². The van der Waals surface area contributed by atoms with E-state index in [-0.39, 0.29) is 16.1 Å². The zero-order chi connectivity index (χ0) is 21.0. The first-order valence-electron chi connectivity index (χ1n) is 8.94. The SMILES string of the molecule is COc1cccc(NC(=O)c2ccccc2NS(=O)(=O)c2ccc(C)cc2C)c1. The van der Waals surface area contributed by atoms with Crippen molar-refractivity contribution in [2.45, 2.75) is 18.7 Å². The number of carbonyl (C=O) groups is 1. The van der Waals surface area contributed by atoms with Crippen molar-refractivity contribution in [1.82, 2.24) is 0 Å². The zero-order valence-corrected chi connectivity index (χ0v) is 17.2. The summed E-state index contributed by atoms with van der Waals surface area (Å²) < 4.78 is 33.5. The molecular formula is C22H22N2O4S. The average molecular weight is 410 g/mol. The highest BCUT2D eigenvalue weighted by atomic mass is 32.2. The molecule has 0 fully saturated rings. The lowest BCUT2D eigenvalue weighted by molar-refractivity contribution is 0.102. The fraction of sp³-hybridized carbons (Fsp3) is 0.136.